The number of halogens is 1. The van der Waals surface area contributed by atoms with Gasteiger partial charge in [-0.2, -0.15) is 0 Å². The first-order valence-corrected chi connectivity index (χ1v) is 5.54. The minimum atomic E-state index is 0.747. The summed E-state index contributed by atoms with van der Waals surface area (Å²) in [6.07, 6.45) is 0.869. The molecule has 0 fully saturated rings. The van der Waals surface area contributed by atoms with Gasteiger partial charge in [0.15, 0.2) is 6.29 Å². The zero-order valence-electron chi connectivity index (χ0n) is 6.58. The summed E-state index contributed by atoms with van der Waals surface area (Å²) in [7, 11) is 0. The Bertz CT molecular complexity index is 439. The number of hydrogen-bond donors (Lipinski definition) is 1. The number of carbonyl (C=O) groups is 1. The molecule has 2 nitrogen and oxygen atoms in total. The fourth-order valence-corrected chi connectivity index (χ4v) is 2.74. The van der Waals surface area contributed by atoms with E-state index in [0.29, 0.717) is 0 Å². The van der Waals surface area contributed by atoms with E-state index in [2.05, 4.69) is 22.6 Å². The molecule has 13 heavy (non-hydrogen) atoms. The van der Waals surface area contributed by atoms with E-state index in [-0.39, 0.29) is 0 Å². The van der Waals surface area contributed by atoms with Crippen LogP contribution in [0.5, 0.6) is 0 Å². The molecule has 0 saturated heterocycles. The van der Waals surface area contributed by atoms with E-state index < -0.39 is 0 Å². The number of anilines is 1. The lowest BCUT2D eigenvalue weighted by Gasteiger charge is -1.96. The average Bonchev–Trinajstić information content (AvgIpc) is 2.48. The third-order valence-electron chi connectivity index (χ3n) is 1.77. The van der Waals surface area contributed by atoms with Gasteiger partial charge in [0, 0.05) is 14.0 Å². The van der Waals surface area contributed by atoms with Gasteiger partial charge in [-0.15, -0.1) is 11.3 Å². The Kier molecular flexibility index (Phi) is 2.25. The molecule has 1 heterocycles. The fraction of sp³-hybridized carbons (Fsp3) is 0. The number of carbonyl (C=O) groups excluding carboxylic acids is 1. The summed E-state index contributed by atoms with van der Waals surface area (Å²) in [4.78, 5) is 11.3. The number of benzene rings is 1. The van der Waals surface area contributed by atoms with Gasteiger partial charge in [-0.25, -0.2) is 0 Å². The molecule has 0 aliphatic carbocycles. The fourth-order valence-electron chi connectivity index (χ4n) is 1.16. The van der Waals surface area contributed by atoms with Crippen molar-refractivity contribution in [3.05, 3.63) is 26.6 Å². The standard InChI is InChI=1S/C9H6INOS/c10-7-3-9-5(2-8(7)11)1-6(4-12)13-9/h1-4H,11H2. The Morgan fingerprint density at radius 3 is 2.85 bits per heavy atom. The maximum Gasteiger partial charge on any atom is 0.160 e. The van der Waals surface area contributed by atoms with Gasteiger partial charge in [-0.1, -0.05) is 0 Å². The molecule has 0 saturated carbocycles. The van der Waals surface area contributed by atoms with Crippen LogP contribution in [0.4, 0.5) is 5.69 Å². The Morgan fingerprint density at radius 1 is 1.38 bits per heavy atom. The van der Waals surface area contributed by atoms with Gasteiger partial charge in [0.2, 0.25) is 0 Å². The number of aldehydes is 1. The van der Waals surface area contributed by atoms with Gasteiger partial charge in [0.05, 0.1) is 4.88 Å². The number of rotatable bonds is 1. The Labute approximate surface area is 92.9 Å². The zero-order valence-corrected chi connectivity index (χ0v) is 9.56. The molecule has 2 rings (SSSR count). The highest BCUT2D eigenvalue weighted by atomic mass is 127. The van der Waals surface area contributed by atoms with Gasteiger partial charge in [0.1, 0.15) is 0 Å². The minimum absolute atomic E-state index is 0.747. The maximum atomic E-state index is 10.5. The predicted molar refractivity (Wildman–Crippen MR) is 64.3 cm³/mol. The van der Waals surface area contributed by atoms with Crippen LogP contribution in [0.25, 0.3) is 10.1 Å². The average molecular weight is 303 g/mol. The summed E-state index contributed by atoms with van der Waals surface area (Å²) >= 11 is 3.68. The van der Waals surface area contributed by atoms with Crippen molar-refractivity contribution in [3.8, 4) is 0 Å². The van der Waals surface area contributed by atoms with Gasteiger partial charge >= 0.3 is 0 Å². The van der Waals surface area contributed by atoms with Crippen LogP contribution >= 0.6 is 33.9 Å². The summed E-state index contributed by atoms with van der Waals surface area (Å²) < 4.78 is 2.14. The third-order valence-corrected chi connectivity index (χ3v) is 3.73. The lowest BCUT2D eigenvalue weighted by atomic mass is 10.2. The van der Waals surface area contributed by atoms with Crippen molar-refractivity contribution in [2.45, 2.75) is 0 Å². The molecule has 0 spiro atoms. The molecular formula is C9H6INOS. The first-order chi connectivity index (χ1) is 6.20. The molecule has 0 bridgehead atoms. The highest BCUT2D eigenvalue weighted by Gasteiger charge is 2.03. The first-order valence-electron chi connectivity index (χ1n) is 3.64. The van der Waals surface area contributed by atoms with Gasteiger partial charge in [-0.05, 0) is 46.2 Å². The van der Waals surface area contributed by atoms with Gasteiger partial charge in [-0.3, -0.25) is 4.79 Å². The number of hydrogen-bond acceptors (Lipinski definition) is 3. The number of thiophene rings is 1. The molecule has 1 aromatic heterocycles. The summed E-state index contributed by atoms with van der Waals surface area (Å²) in [6, 6.07) is 5.77. The molecule has 0 aliphatic heterocycles. The second-order valence-electron chi connectivity index (χ2n) is 2.68. The van der Waals surface area contributed by atoms with E-state index >= 15 is 0 Å². The summed E-state index contributed by atoms with van der Waals surface area (Å²) in [5.41, 5.74) is 6.51. The number of nitrogens with two attached hydrogens (primary N) is 1. The topological polar surface area (TPSA) is 43.1 Å². The van der Waals surface area contributed by atoms with E-state index in [1.807, 2.05) is 18.2 Å². The van der Waals surface area contributed by atoms with Crippen molar-refractivity contribution in [1.82, 2.24) is 0 Å². The predicted octanol–water partition coefficient (Wildman–Crippen LogP) is 2.90. The Balaban J connectivity index is 2.77. The van der Waals surface area contributed by atoms with E-state index in [1.165, 1.54) is 11.3 Å². The first kappa shape index (κ1) is 8.96. The normalized spacial score (nSPS) is 10.5. The summed E-state index contributed by atoms with van der Waals surface area (Å²) in [5.74, 6) is 0. The lowest BCUT2D eigenvalue weighted by Crippen LogP contribution is -1.86. The van der Waals surface area contributed by atoms with E-state index in [1.54, 1.807) is 0 Å². The Hall–Kier alpha value is -0.620. The second kappa shape index (κ2) is 3.26. The Morgan fingerprint density at radius 2 is 2.15 bits per heavy atom. The second-order valence-corrected chi connectivity index (χ2v) is 4.96. The van der Waals surface area contributed by atoms with Crippen molar-refractivity contribution in [2.24, 2.45) is 0 Å². The SMILES string of the molecule is Nc1cc2cc(C=O)sc2cc1I. The van der Waals surface area contributed by atoms with Gasteiger partial charge in [0.25, 0.3) is 0 Å². The zero-order chi connectivity index (χ0) is 9.42. The van der Waals surface area contributed by atoms with Crippen LogP contribution in [0.15, 0.2) is 18.2 Å². The molecule has 0 atom stereocenters. The molecular weight excluding hydrogens is 297 g/mol. The van der Waals surface area contributed by atoms with Crippen molar-refractivity contribution < 1.29 is 4.79 Å². The monoisotopic (exact) mass is 303 g/mol. The van der Waals surface area contributed by atoms with Crippen LogP contribution in [0, 0.1) is 3.57 Å². The third kappa shape index (κ3) is 1.55. The minimum Gasteiger partial charge on any atom is -0.398 e. The van der Waals surface area contributed by atoms with Crippen molar-refractivity contribution in [1.29, 1.82) is 0 Å². The van der Waals surface area contributed by atoms with Crippen LogP contribution in [0.3, 0.4) is 0 Å². The van der Waals surface area contributed by atoms with Crippen molar-refractivity contribution >= 4 is 56.0 Å². The van der Waals surface area contributed by atoms with E-state index in [9.17, 15) is 4.79 Å². The van der Waals surface area contributed by atoms with E-state index in [0.717, 1.165) is 30.5 Å². The lowest BCUT2D eigenvalue weighted by molar-refractivity contribution is 0.112. The van der Waals surface area contributed by atoms with E-state index in [4.69, 9.17) is 5.73 Å². The largest absolute Gasteiger partial charge is 0.398 e. The molecule has 4 heteroatoms. The van der Waals surface area contributed by atoms with Gasteiger partial charge < -0.3 is 5.73 Å². The van der Waals surface area contributed by atoms with Crippen LogP contribution in [-0.2, 0) is 0 Å². The van der Waals surface area contributed by atoms with Crippen LogP contribution in [-0.4, -0.2) is 6.29 Å². The number of fused-ring (bicyclic) bond motifs is 1. The molecule has 0 radical (unpaired) electrons. The maximum absolute atomic E-state index is 10.5. The molecule has 1 aromatic carbocycles. The number of nitrogen functional groups attached to an aromatic ring is 1. The molecule has 2 aromatic rings. The van der Waals surface area contributed by atoms with Crippen molar-refractivity contribution in [2.75, 3.05) is 5.73 Å². The molecule has 66 valence electrons. The highest BCUT2D eigenvalue weighted by Crippen LogP contribution is 2.29. The molecule has 2 N–H and O–H groups in total. The molecule has 0 amide bonds. The van der Waals surface area contributed by atoms with Crippen LogP contribution < -0.4 is 5.73 Å². The highest BCUT2D eigenvalue weighted by molar-refractivity contribution is 14.1. The molecule has 0 aliphatic rings. The molecule has 0 unspecified atom stereocenters. The quantitative estimate of drug-likeness (QED) is 0.500. The van der Waals surface area contributed by atoms with Crippen molar-refractivity contribution in [3.63, 3.8) is 0 Å². The van der Waals surface area contributed by atoms with Crippen LogP contribution in [0.2, 0.25) is 0 Å². The smallest absolute Gasteiger partial charge is 0.160 e. The van der Waals surface area contributed by atoms with Crippen LogP contribution in [0.1, 0.15) is 9.67 Å². The summed E-state index contributed by atoms with van der Waals surface area (Å²) in [5, 5.41) is 1.05. The summed E-state index contributed by atoms with van der Waals surface area (Å²) in [6.45, 7) is 0.